The average Bonchev–Trinajstić information content (AvgIpc) is 2.92. The third-order valence-corrected chi connectivity index (χ3v) is 5.95. The van der Waals surface area contributed by atoms with Crippen molar-refractivity contribution in [2.24, 2.45) is 11.8 Å². The summed E-state index contributed by atoms with van der Waals surface area (Å²) in [5.74, 6) is 1.33. The predicted octanol–water partition coefficient (Wildman–Crippen LogP) is 2.44. The molecule has 0 bridgehead atoms. The van der Waals surface area contributed by atoms with E-state index in [2.05, 4.69) is 10.6 Å². The van der Waals surface area contributed by atoms with Gasteiger partial charge in [0.25, 0.3) is 0 Å². The zero-order valence-corrected chi connectivity index (χ0v) is 12.8. The highest BCUT2D eigenvalue weighted by Gasteiger charge is 2.33. The SMILES string of the molecule is OC1CCCC1CNC1CCCCC1C1CCCCN1. The summed E-state index contributed by atoms with van der Waals surface area (Å²) in [6.45, 7) is 2.25. The summed E-state index contributed by atoms with van der Waals surface area (Å²) in [7, 11) is 0. The molecule has 0 amide bonds. The molecule has 1 heterocycles. The van der Waals surface area contributed by atoms with Crippen LogP contribution in [-0.4, -0.2) is 36.4 Å². The van der Waals surface area contributed by atoms with Gasteiger partial charge in [-0.15, -0.1) is 0 Å². The first-order valence-corrected chi connectivity index (χ1v) is 8.99. The second kappa shape index (κ2) is 7.24. The molecule has 1 aliphatic heterocycles. The maximum Gasteiger partial charge on any atom is 0.0580 e. The van der Waals surface area contributed by atoms with Gasteiger partial charge in [0.15, 0.2) is 0 Å². The van der Waals surface area contributed by atoms with Gasteiger partial charge < -0.3 is 15.7 Å². The molecule has 3 N–H and O–H groups in total. The molecule has 5 unspecified atom stereocenters. The molecule has 2 aliphatic carbocycles. The minimum absolute atomic E-state index is 0.0441. The van der Waals surface area contributed by atoms with E-state index >= 15 is 0 Å². The van der Waals surface area contributed by atoms with Crippen molar-refractivity contribution in [3.05, 3.63) is 0 Å². The Hall–Kier alpha value is -0.120. The molecule has 1 saturated heterocycles. The third kappa shape index (κ3) is 3.55. The fraction of sp³-hybridized carbons (Fsp3) is 1.00. The van der Waals surface area contributed by atoms with E-state index in [1.807, 2.05) is 0 Å². The van der Waals surface area contributed by atoms with Crippen LogP contribution in [0.25, 0.3) is 0 Å². The van der Waals surface area contributed by atoms with Crippen LogP contribution in [0.4, 0.5) is 0 Å². The molecule has 3 aliphatic rings. The molecule has 3 heteroatoms. The maximum absolute atomic E-state index is 9.98. The van der Waals surface area contributed by atoms with Crippen molar-refractivity contribution in [3.63, 3.8) is 0 Å². The fourth-order valence-corrected chi connectivity index (χ4v) is 4.70. The van der Waals surface area contributed by atoms with E-state index in [-0.39, 0.29) is 6.10 Å². The van der Waals surface area contributed by atoms with Gasteiger partial charge >= 0.3 is 0 Å². The van der Waals surface area contributed by atoms with Crippen molar-refractivity contribution in [2.75, 3.05) is 13.1 Å². The number of piperidine rings is 1. The van der Waals surface area contributed by atoms with Crippen LogP contribution in [0.5, 0.6) is 0 Å². The van der Waals surface area contributed by atoms with Crippen LogP contribution in [0.3, 0.4) is 0 Å². The Morgan fingerprint density at radius 1 is 0.900 bits per heavy atom. The van der Waals surface area contributed by atoms with Gasteiger partial charge in [0.2, 0.25) is 0 Å². The normalized spacial score (nSPS) is 42.8. The van der Waals surface area contributed by atoms with Gasteiger partial charge in [-0.2, -0.15) is 0 Å². The van der Waals surface area contributed by atoms with E-state index in [0.717, 1.165) is 24.9 Å². The minimum Gasteiger partial charge on any atom is -0.393 e. The van der Waals surface area contributed by atoms with E-state index in [1.54, 1.807) is 0 Å². The first-order valence-electron chi connectivity index (χ1n) is 8.99. The number of rotatable bonds is 4. The molecule has 20 heavy (non-hydrogen) atoms. The average molecular weight is 280 g/mol. The second-order valence-electron chi connectivity index (χ2n) is 7.28. The van der Waals surface area contributed by atoms with Crippen LogP contribution < -0.4 is 10.6 Å². The lowest BCUT2D eigenvalue weighted by molar-refractivity contribution is 0.119. The topological polar surface area (TPSA) is 44.3 Å². The Morgan fingerprint density at radius 2 is 1.75 bits per heavy atom. The molecule has 116 valence electrons. The number of aliphatic hydroxyl groups excluding tert-OH is 1. The summed E-state index contributed by atoms with van der Waals surface area (Å²) >= 11 is 0. The highest BCUT2D eigenvalue weighted by molar-refractivity contribution is 4.91. The number of aliphatic hydroxyl groups is 1. The molecule has 3 rings (SSSR count). The molecule has 5 atom stereocenters. The van der Waals surface area contributed by atoms with Crippen molar-refractivity contribution in [1.29, 1.82) is 0 Å². The van der Waals surface area contributed by atoms with Gasteiger partial charge in [-0.1, -0.05) is 25.7 Å². The van der Waals surface area contributed by atoms with Gasteiger partial charge in [0.1, 0.15) is 0 Å². The maximum atomic E-state index is 9.98. The van der Waals surface area contributed by atoms with E-state index in [1.165, 1.54) is 64.3 Å². The lowest BCUT2D eigenvalue weighted by Crippen LogP contribution is -2.51. The lowest BCUT2D eigenvalue weighted by atomic mass is 9.77. The van der Waals surface area contributed by atoms with Gasteiger partial charge in [-0.25, -0.2) is 0 Å². The third-order valence-electron chi connectivity index (χ3n) is 5.95. The van der Waals surface area contributed by atoms with Crippen molar-refractivity contribution < 1.29 is 5.11 Å². The summed E-state index contributed by atoms with van der Waals surface area (Å²) in [6.07, 6.45) is 13.1. The van der Waals surface area contributed by atoms with Crippen LogP contribution in [0.2, 0.25) is 0 Å². The smallest absolute Gasteiger partial charge is 0.0580 e. The quantitative estimate of drug-likeness (QED) is 0.741. The Balaban J connectivity index is 1.52. The lowest BCUT2D eigenvalue weighted by Gasteiger charge is -2.40. The summed E-state index contributed by atoms with van der Waals surface area (Å²) in [5.41, 5.74) is 0. The van der Waals surface area contributed by atoms with Crippen LogP contribution in [0.15, 0.2) is 0 Å². The monoisotopic (exact) mass is 280 g/mol. The highest BCUT2D eigenvalue weighted by atomic mass is 16.3. The Bertz CT molecular complexity index is 291. The van der Waals surface area contributed by atoms with Crippen molar-refractivity contribution in [3.8, 4) is 0 Å². The summed E-state index contributed by atoms with van der Waals surface area (Å²) in [6, 6.07) is 1.43. The van der Waals surface area contributed by atoms with Gasteiger partial charge in [-0.05, 0) is 56.9 Å². The second-order valence-corrected chi connectivity index (χ2v) is 7.28. The van der Waals surface area contributed by atoms with E-state index < -0.39 is 0 Å². The van der Waals surface area contributed by atoms with Crippen molar-refractivity contribution in [2.45, 2.75) is 82.4 Å². The van der Waals surface area contributed by atoms with E-state index in [9.17, 15) is 5.11 Å². The standard InChI is InChI=1S/C17H32N2O/c20-17-10-5-6-13(17)12-19-16-8-2-1-7-14(16)15-9-3-4-11-18-15/h13-20H,1-12H2. The highest BCUT2D eigenvalue weighted by Crippen LogP contribution is 2.31. The zero-order chi connectivity index (χ0) is 13.8. The van der Waals surface area contributed by atoms with Gasteiger partial charge in [-0.3, -0.25) is 0 Å². The Morgan fingerprint density at radius 3 is 2.50 bits per heavy atom. The van der Waals surface area contributed by atoms with Crippen LogP contribution in [-0.2, 0) is 0 Å². The van der Waals surface area contributed by atoms with Crippen molar-refractivity contribution in [1.82, 2.24) is 10.6 Å². The number of hydrogen-bond acceptors (Lipinski definition) is 3. The molecule has 2 saturated carbocycles. The molecule has 0 spiro atoms. The molecule has 0 aromatic carbocycles. The molecule has 0 aromatic rings. The molecular formula is C17H32N2O. The summed E-state index contributed by atoms with van der Waals surface area (Å²) in [5, 5.41) is 17.6. The first kappa shape index (κ1) is 14.8. The van der Waals surface area contributed by atoms with Gasteiger partial charge in [0.05, 0.1) is 6.10 Å². The fourth-order valence-electron chi connectivity index (χ4n) is 4.70. The molecule has 0 aromatic heterocycles. The summed E-state index contributed by atoms with van der Waals surface area (Å²) < 4.78 is 0. The zero-order valence-electron chi connectivity index (χ0n) is 12.8. The first-order chi connectivity index (χ1) is 9.84. The van der Waals surface area contributed by atoms with E-state index in [0.29, 0.717) is 12.0 Å². The summed E-state index contributed by atoms with van der Waals surface area (Å²) in [4.78, 5) is 0. The molecule has 3 nitrogen and oxygen atoms in total. The molecule has 3 fully saturated rings. The van der Waals surface area contributed by atoms with E-state index in [4.69, 9.17) is 0 Å². The molecule has 0 radical (unpaired) electrons. The Labute approximate surface area is 123 Å². The van der Waals surface area contributed by atoms with Crippen molar-refractivity contribution >= 4 is 0 Å². The van der Waals surface area contributed by atoms with Crippen LogP contribution >= 0.6 is 0 Å². The minimum atomic E-state index is -0.0441. The molecular weight excluding hydrogens is 248 g/mol. The largest absolute Gasteiger partial charge is 0.393 e. The Kier molecular flexibility index (Phi) is 5.36. The van der Waals surface area contributed by atoms with Gasteiger partial charge in [0, 0.05) is 18.6 Å². The number of nitrogens with one attached hydrogen (secondary N) is 2. The number of hydrogen-bond donors (Lipinski definition) is 3. The van der Waals surface area contributed by atoms with Crippen LogP contribution in [0.1, 0.15) is 64.2 Å². The predicted molar refractivity (Wildman–Crippen MR) is 82.7 cm³/mol. The van der Waals surface area contributed by atoms with Crippen LogP contribution in [0, 0.1) is 11.8 Å².